The summed E-state index contributed by atoms with van der Waals surface area (Å²) in [6, 6.07) is 13.8. The van der Waals surface area contributed by atoms with E-state index < -0.39 is 0 Å². The Morgan fingerprint density at radius 3 is 2.56 bits per heavy atom. The Morgan fingerprint density at radius 1 is 1.04 bits per heavy atom. The summed E-state index contributed by atoms with van der Waals surface area (Å²) >= 11 is 0. The molecule has 1 heterocycles. The van der Waals surface area contributed by atoms with E-state index >= 15 is 0 Å². The Bertz CT molecular complexity index is 840. The van der Waals surface area contributed by atoms with E-state index in [0.717, 1.165) is 5.56 Å². The highest BCUT2D eigenvalue weighted by molar-refractivity contribution is 5.97. The molecule has 7 heteroatoms. The van der Waals surface area contributed by atoms with Gasteiger partial charge in [0.1, 0.15) is 0 Å². The lowest BCUT2D eigenvalue weighted by Crippen LogP contribution is -2.36. The zero-order valence-electron chi connectivity index (χ0n) is 13.2. The summed E-state index contributed by atoms with van der Waals surface area (Å²) in [5.41, 5.74) is 1.82. The molecule has 2 aromatic carbocycles. The minimum absolute atomic E-state index is 0.135. The van der Waals surface area contributed by atoms with Gasteiger partial charge in [0.25, 0.3) is 5.91 Å². The molecular weight excluding hydrogens is 322 g/mol. The summed E-state index contributed by atoms with van der Waals surface area (Å²) in [7, 11) is 0. The minimum Gasteiger partial charge on any atom is -0.454 e. The van der Waals surface area contributed by atoms with Gasteiger partial charge in [0.15, 0.2) is 11.5 Å². The summed E-state index contributed by atoms with van der Waals surface area (Å²) < 4.78 is 10.4. The van der Waals surface area contributed by atoms with Crippen molar-refractivity contribution in [2.24, 2.45) is 0 Å². The van der Waals surface area contributed by atoms with E-state index in [4.69, 9.17) is 14.7 Å². The van der Waals surface area contributed by atoms with Crippen molar-refractivity contribution in [3.05, 3.63) is 59.2 Å². The molecule has 0 unspecified atom stereocenters. The molecule has 25 heavy (non-hydrogen) atoms. The smallest absolute Gasteiger partial charge is 0.251 e. The predicted molar refractivity (Wildman–Crippen MR) is 87.9 cm³/mol. The first kappa shape index (κ1) is 16.3. The zero-order valence-corrected chi connectivity index (χ0v) is 13.2. The third-order valence-electron chi connectivity index (χ3n) is 3.62. The lowest BCUT2D eigenvalue weighted by atomic mass is 10.1. The Hall–Kier alpha value is -3.53. The molecule has 0 saturated carbocycles. The van der Waals surface area contributed by atoms with E-state index in [2.05, 4.69) is 10.6 Å². The number of fused-ring (bicyclic) bond motifs is 1. The largest absolute Gasteiger partial charge is 0.454 e. The summed E-state index contributed by atoms with van der Waals surface area (Å²) in [4.78, 5) is 23.9. The second-order valence-electron chi connectivity index (χ2n) is 5.34. The van der Waals surface area contributed by atoms with Gasteiger partial charge >= 0.3 is 0 Å². The number of carbonyl (C=O) groups excluding carboxylic acids is 2. The Kier molecular flexibility index (Phi) is 4.81. The molecule has 2 N–H and O–H groups in total. The molecule has 0 saturated heterocycles. The molecule has 0 radical (unpaired) electrons. The van der Waals surface area contributed by atoms with Gasteiger partial charge in [-0.2, -0.15) is 5.26 Å². The maximum atomic E-state index is 12.1. The van der Waals surface area contributed by atoms with Crippen LogP contribution in [0.1, 0.15) is 21.5 Å². The lowest BCUT2D eigenvalue weighted by Gasteiger charge is -2.08. The van der Waals surface area contributed by atoms with E-state index in [9.17, 15) is 9.59 Å². The van der Waals surface area contributed by atoms with Crippen LogP contribution in [0.4, 0.5) is 0 Å². The van der Waals surface area contributed by atoms with Gasteiger partial charge in [0.2, 0.25) is 12.7 Å². The van der Waals surface area contributed by atoms with Crippen molar-refractivity contribution in [3.8, 4) is 17.6 Å². The standard InChI is InChI=1S/C18H15N3O4/c19-8-12-1-3-13(4-2-12)9-20-17(22)10-21-18(23)14-5-6-15-16(7-14)25-11-24-15/h1-7H,9-11H2,(H,20,22)(H,21,23). The van der Waals surface area contributed by atoms with E-state index in [-0.39, 0.29) is 25.2 Å². The number of benzene rings is 2. The number of amides is 2. The van der Waals surface area contributed by atoms with Gasteiger partial charge in [-0.05, 0) is 35.9 Å². The van der Waals surface area contributed by atoms with Crippen LogP contribution in [0.5, 0.6) is 11.5 Å². The van der Waals surface area contributed by atoms with Crippen LogP contribution < -0.4 is 20.1 Å². The lowest BCUT2D eigenvalue weighted by molar-refractivity contribution is -0.120. The molecule has 0 atom stereocenters. The fourth-order valence-corrected chi connectivity index (χ4v) is 2.26. The SMILES string of the molecule is N#Cc1ccc(CNC(=O)CNC(=O)c2ccc3c(c2)OCO3)cc1. The summed E-state index contributed by atoms with van der Waals surface area (Å²) in [6.45, 7) is 0.326. The highest BCUT2D eigenvalue weighted by atomic mass is 16.7. The first-order chi connectivity index (χ1) is 12.2. The average Bonchev–Trinajstić information content (AvgIpc) is 3.12. The number of nitriles is 1. The van der Waals surface area contributed by atoms with Gasteiger partial charge in [0.05, 0.1) is 18.2 Å². The second-order valence-corrected chi connectivity index (χ2v) is 5.34. The number of ether oxygens (including phenoxy) is 2. The second kappa shape index (κ2) is 7.36. The zero-order chi connectivity index (χ0) is 17.6. The molecule has 2 amide bonds. The normalized spacial score (nSPS) is 11.5. The Morgan fingerprint density at radius 2 is 1.80 bits per heavy atom. The van der Waals surface area contributed by atoms with Gasteiger partial charge < -0.3 is 20.1 Å². The summed E-state index contributed by atoms with van der Waals surface area (Å²) in [6.07, 6.45) is 0. The molecule has 0 fully saturated rings. The van der Waals surface area contributed by atoms with Crippen molar-refractivity contribution < 1.29 is 19.1 Å². The molecule has 1 aliphatic rings. The molecule has 0 bridgehead atoms. The van der Waals surface area contributed by atoms with Crippen molar-refractivity contribution in [3.63, 3.8) is 0 Å². The van der Waals surface area contributed by atoms with Gasteiger partial charge in [-0.15, -0.1) is 0 Å². The molecule has 126 valence electrons. The number of hydrogen-bond donors (Lipinski definition) is 2. The van der Waals surface area contributed by atoms with Crippen LogP contribution in [-0.2, 0) is 11.3 Å². The highest BCUT2D eigenvalue weighted by Gasteiger charge is 2.16. The van der Waals surface area contributed by atoms with Crippen molar-refractivity contribution in [2.75, 3.05) is 13.3 Å². The van der Waals surface area contributed by atoms with Crippen LogP contribution >= 0.6 is 0 Å². The summed E-state index contributed by atoms with van der Waals surface area (Å²) in [5, 5.41) is 14.0. The van der Waals surface area contributed by atoms with Gasteiger partial charge in [-0.1, -0.05) is 12.1 Å². The van der Waals surface area contributed by atoms with Crippen molar-refractivity contribution in [1.82, 2.24) is 10.6 Å². The van der Waals surface area contributed by atoms with Gasteiger partial charge in [0, 0.05) is 12.1 Å². The summed E-state index contributed by atoms with van der Waals surface area (Å²) in [5.74, 6) is 0.430. The fraction of sp³-hybridized carbons (Fsp3) is 0.167. The third-order valence-corrected chi connectivity index (χ3v) is 3.62. The minimum atomic E-state index is -0.369. The van der Waals surface area contributed by atoms with Crippen LogP contribution in [0.3, 0.4) is 0 Å². The highest BCUT2D eigenvalue weighted by Crippen LogP contribution is 2.32. The number of nitrogens with one attached hydrogen (secondary N) is 2. The fourth-order valence-electron chi connectivity index (χ4n) is 2.26. The Labute approximate surface area is 144 Å². The van der Waals surface area contributed by atoms with Crippen LogP contribution in [0.15, 0.2) is 42.5 Å². The van der Waals surface area contributed by atoms with Gasteiger partial charge in [-0.3, -0.25) is 9.59 Å². The molecule has 0 spiro atoms. The predicted octanol–water partition coefficient (Wildman–Crippen LogP) is 1.33. The van der Waals surface area contributed by atoms with Crippen molar-refractivity contribution in [2.45, 2.75) is 6.54 Å². The first-order valence-corrected chi connectivity index (χ1v) is 7.59. The van der Waals surface area contributed by atoms with Crippen molar-refractivity contribution >= 4 is 11.8 Å². The maximum Gasteiger partial charge on any atom is 0.251 e. The topological polar surface area (TPSA) is 100 Å². The molecule has 2 aromatic rings. The molecule has 0 aromatic heterocycles. The molecule has 3 rings (SSSR count). The number of nitrogens with zero attached hydrogens (tertiary/aromatic N) is 1. The third kappa shape index (κ3) is 4.06. The molecule has 0 aliphatic carbocycles. The number of carbonyl (C=O) groups is 2. The van der Waals surface area contributed by atoms with Crippen LogP contribution in [0.25, 0.3) is 0 Å². The molecule has 7 nitrogen and oxygen atoms in total. The first-order valence-electron chi connectivity index (χ1n) is 7.59. The maximum absolute atomic E-state index is 12.1. The van der Waals surface area contributed by atoms with Crippen LogP contribution in [0, 0.1) is 11.3 Å². The molecule has 1 aliphatic heterocycles. The van der Waals surface area contributed by atoms with Crippen LogP contribution in [-0.4, -0.2) is 25.2 Å². The number of hydrogen-bond acceptors (Lipinski definition) is 5. The van der Waals surface area contributed by atoms with E-state index in [1.54, 1.807) is 42.5 Å². The number of rotatable bonds is 5. The van der Waals surface area contributed by atoms with E-state index in [1.807, 2.05) is 6.07 Å². The van der Waals surface area contributed by atoms with E-state index in [1.165, 1.54) is 0 Å². The monoisotopic (exact) mass is 337 g/mol. The Balaban J connectivity index is 1.46. The van der Waals surface area contributed by atoms with Crippen molar-refractivity contribution in [1.29, 1.82) is 5.26 Å². The quantitative estimate of drug-likeness (QED) is 0.857. The van der Waals surface area contributed by atoms with E-state index in [0.29, 0.717) is 29.2 Å². The average molecular weight is 337 g/mol. The van der Waals surface area contributed by atoms with Gasteiger partial charge in [-0.25, -0.2) is 0 Å². The van der Waals surface area contributed by atoms with Crippen LogP contribution in [0.2, 0.25) is 0 Å². The molecular formula is C18H15N3O4.